The van der Waals surface area contributed by atoms with E-state index < -0.39 is 5.97 Å². The van der Waals surface area contributed by atoms with E-state index in [1.165, 1.54) is 6.20 Å². The van der Waals surface area contributed by atoms with E-state index in [0.717, 1.165) is 36.5 Å². The largest absolute Gasteiger partial charge is 0.478 e. The molecule has 0 radical (unpaired) electrons. The molecule has 29 heavy (non-hydrogen) atoms. The molecule has 1 saturated heterocycles. The van der Waals surface area contributed by atoms with Crippen molar-refractivity contribution in [2.45, 2.75) is 39.2 Å². The molecule has 8 nitrogen and oxygen atoms in total. The number of amides is 1. The summed E-state index contributed by atoms with van der Waals surface area (Å²) < 4.78 is 2.03. The molecular formula is C21H27N5O3. The lowest BCUT2D eigenvalue weighted by Crippen LogP contribution is -2.49. The zero-order valence-corrected chi connectivity index (χ0v) is 16.9. The van der Waals surface area contributed by atoms with Crippen LogP contribution in [0.1, 0.15) is 59.0 Å². The van der Waals surface area contributed by atoms with Gasteiger partial charge < -0.3 is 14.9 Å². The van der Waals surface area contributed by atoms with Crippen LogP contribution in [0.5, 0.6) is 0 Å². The van der Waals surface area contributed by atoms with Crippen molar-refractivity contribution in [1.29, 1.82) is 0 Å². The van der Waals surface area contributed by atoms with Crippen LogP contribution in [0, 0.1) is 5.92 Å². The number of carbonyl (C=O) groups is 2. The van der Waals surface area contributed by atoms with E-state index in [0.29, 0.717) is 38.0 Å². The van der Waals surface area contributed by atoms with Gasteiger partial charge in [0.05, 0.1) is 23.0 Å². The molecule has 2 aliphatic rings. The smallest absolute Gasteiger partial charge is 0.337 e. The number of pyridine rings is 1. The van der Waals surface area contributed by atoms with E-state index in [1.807, 2.05) is 9.58 Å². The summed E-state index contributed by atoms with van der Waals surface area (Å²) in [7, 11) is 0. The Morgan fingerprint density at radius 3 is 2.41 bits per heavy atom. The quantitative estimate of drug-likeness (QED) is 0.805. The predicted octanol–water partition coefficient (Wildman–Crippen LogP) is 2.47. The molecule has 1 aliphatic heterocycles. The van der Waals surface area contributed by atoms with Gasteiger partial charge >= 0.3 is 5.97 Å². The highest BCUT2D eigenvalue weighted by Gasteiger charge is 2.34. The molecule has 154 valence electrons. The molecule has 0 unspecified atom stereocenters. The van der Waals surface area contributed by atoms with Crippen molar-refractivity contribution in [1.82, 2.24) is 19.7 Å². The van der Waals surface area contributed by atoms with Crippen LogP contribution in [-0.2, 0) is 6.54 Å². The van der Waals surface area contributed by atoms with Crippen LogP contribution in [0.4, 0.5) is 5.82 Å². The van der Waals surface area contributed by atoms with Crippen LogP contribution in [0.25, 0.3) is 0 Å². The molecule has 2 aromatic rings. The van der Waals surface area contributed by atoms with Crippen molar-refractivity contribution < 1.29 is 14.7 Å². The molecule has 0 spiro atoms. The second kappa shape index (κ2) is 7.85. The lowest BCUT2D eigenvalue weighted by Gasteiger charge is -2.35. The molecule has 0 bridgehead atoms. The SMILES string of the molecule is CC(C)Cn1ncc(C(=O)N2CCN(c3ccc(C(=O)O)cn3)CC2)c1C1CC1. The standard InChI is InChI=1S/C21H27N5O3/c1-14(2)13-26-19(15-3-4-15)17(12-23-26)20(27)25-9-7-24(8-10-25)18-6-5-16(11-22-18)21(28)29/h5-6,11-12,14-15H,3-4,7-10,13H2,1-2H3,(H,28,29). The van der Waals surface area contributed by atoms with E-state index in [4.69, 9.17) is 5.11 Å². The molecule has 1 N–H and O–H groups in total. The molecule has 0 atom stereocenters. The Morgan fingerprint density at radius 2 is 1.86 bits per heavy atom. The highest BCUT2D eigenvalue weighted by atomic mass is 16.4. The second-order valence-corrected chi connectivity index (χ2v) is 8.28. The number of hydrogen-bond donors (Lipinski definition) is 1. The van der Waals surface area contributed by atoms with Gasteiger partial charge in [-0.3, -0.25) is 9.48 Å². The normalized spacial score (nSPS) is 17.1. The van der Waals surface area contributed by atoms with Gasteiger partial charge in [0.1, 0.15) is 5.82 Å². The number of aromatic nitrogens is 3. The van der Waals surface area contributed by atoms with E-state index in [2.05, 4.69) is 28.8 Å². The minimum absolute atomic E-state index is 0.0655. The molecule has 8 heteroatoms. The topological polar surface area (TPSA) is 91.6 Å². The van der Waals surface area contributed by atoms with Crippen LogP contribution in [-0.4, -0.2) is 62.8 Å². The van der Waals surface area contributed by atoms with Crippen molar-refractivity contribution in [3.8, 4) is 0 Å². The molecule has 2 fully saturated rings. The van der Waals surface area contributed by atoms with E-state index in [-0.39, 0.29) is 11.5 Å². The second-order valence-electron chi connectivity index (χ2n) is 8.28. The summed E-state index contributed by atoms with van der Waals surface area (Å²) in [5.74, 6) is 0.776. The molecule has 2 aromatic heterocycles. The summed E-state index contributed by atoms with van der Waals surface area (Å²) in [6, 6.07) is 3.29. The fourth-order valence-electron chi connectivity index (χ4n) is 3.85. The number of carboxylic acid groups (broad SMARTS) is 1. The predicted molar refractivity (Wildman–Crippen MR) is 108 cm³/mol. The molecular weight excluding hydrogens is 370 g/mol. The van der Waals surface area contributed by atoms with Gasteiger partial charge in [0.2, 0.25) is 0 Å². The molecule has 1 aliphatic carbocycles. The Balaban J connectivity index is 1.43. The summed E-state index contributed by atoms with van der Waals surface area (Å²) in [6.45, 7) is 7.73. The Morgan fingerprint density at radius 1 is 1.14 bits per heavy atom. The minimum Gasteiger partial charge on any atom is -0.478 e. The summed E-state index contributed by atoms with van der Waals surface area (Å²) in [4.78, 5) is 32.4. The molecule has 0 aromatic carbocycles. The lowest BCUT2D eigenvalue weighted by atomic mass is 10.1. The zero-order valence-electron chi connectivity index (χ0n) is 16.9. The maximum atomic E-state index is 13.2. The number of carboxylic acids is 1. The minimum atomic E-state index is -0.982. The first-order valence-corrected chi connectivity index (χ1v) is 10.2. The third kappa shape index (κ3) is 4.11. The Bertz CT molecular complexity index is 894. The first-order valence-electron chi connectivity index (χ1n) is 10.2. The number of anilines is 1. The number of carbonyl (C=O) groups excluding carboxylic acids is 1. The van der Waals surface area contributed by atoms with Gasteiger partial charge in [0.15, 0.2) is 0 Å². The number of nitrogens with zero attached hydrogens (tertiary/aromatic N) is 5. The van der Waals surface area contributed by atoms with Gasteiger partial charge in [-0.1, -0.05) is 13.8 Å². The third-order valence-corrected chi connectivity index (χ3v) is 5.50. The molecule has 4 rings (SSSR count). The molecule has 1 amide bonds. The maximum absolute atomic E-state index is 13.2. The van der Waals surface area contributed by atoms with Crippen molar-refractivity contribution >= 4 is 17.7 Å². The summed E-state index contributed by atoms with van der Waals surface area (Å²) in [5, 5.41) is 13.5. The average Bonchev–Trinajstić information content (AvgIpc) is 3.47. The Hall–Kier alpha value is -2.90. The number of piperazine rings is 1. The van der Waals surface area contributed by atoms with Gasteiger partial charge in [-0.15, -0.1) is 0 Å². The Labute approximate surface area is 170 Å². The average molecular weight is 397 g/mol. The number of aromatic carboxylic acids is 1. The highest BCUT2D eigenvalue weighted by molar-refractivity contribution is 5.95. The fraction of sp³-hybridized carbons (Fsp3) is 0.524. The summed E-state index contributed by atoms with van der Waals surface area (Å²) in [6.07, 6.45) is 5.39. The van der Waals surface area contributed by atoms with E-state index >= 15 is 0 Å². The zero-order chi connectivity index (χ0) is 20.5. The highest BCUT2D eigenvalue weighted by Crippen LogP contribution is 2.42. The molecule has 3 heterocycles. The monoisotopic (exact) mass is 397 g/mol. The van der Waals surface area contributed by atoms with Crippen molar-refractivity contribution in [3.63, 3.8) is 0 Å². The van der Waals surface area contributed by atoms with Gasteiger partial charge in [-0.05, 0) is 30.9 Å². The van der Waals surface area contributed by atoms with Gasteiger partial charge in [0, 0.05) is 44.8 Å². The van der Waals surface area contributed by atoms with Crippen molar-refractivity contribution in [2.24, 2.45) is 5.92 Å². The van der Waals surface area contributed by atoms with Gasteiger partial charge in [-0.25, -0.2) is 9.78 Å². The fourth-order valence-corrected chi connectivity index (χ4v) is 3.85. The first-order chi connectivity index (χ1) is 13.9. The van der Waals surface area contributed by atoms with Gasteiger partial charge in [0.25, 0.3) is 5.91 Å². The van der Waals surface area contributed by atoms with Crippen LogP contribution in [0.3, 0.4) is 0 Å². The van der Waals surface area contributed by atoms with Crippen molar-refractivity contribution in [2.75, 3.05) is 31.1 Å². The number of rotatable bonds is 6. The van der Waals surface area contributed by atoms with Crippen LogP contribution < -0.4 is 4.90 Å². The van der Waals surface area contributed by atoms with Crippen LogP contribution in [0.2, 0.25) is 0 Å². The van der Waals surface area contributed by atoms with Crippen LogP contribution in [0.15, 0.2) is 24.5 Å². The van der Waals surface area contributed by atoms with E-state index in [1.54, 1.807) is 18.3 Å². The van der Waals surface area contributed by atoms with Crippen molar-refractivity contribution in [3.05, 3.63) is 41.3 Å². The summed E-state index contributed by atoms with van der Waals surface area (Å²) in [5.41, 5.74) is 2.04. The van der Waals surface area contributed by atoms with Gasteiger partial charge in [-0.2, -0.15) is 5.10 Å². The summed E-state index contributed by atoms with van der Waals surface area (Å²) >= 11 is 0. The third-order valence-electron chi connectivity index (χ3n) is 5.50. The maximum Gasteiger partial charge on any atom is 0.337 e. The first kappa shape index (κ1) is 19.4. The van der Waals surface area contributed by atoms with E-state index in [9.17, 15) is 9.59 Å². The molecule has 1 saturated carbocycles. The number of hydrogen-bond acceptors (Lipinski definition) is 5. The van der Waals surface area contributed by atoms with Crippen LogP contribution >= 0.6 is 0 Å². The Kier molecular flexibility index (Phi) is 5.25. The lowest BCUT2D eigenvalue weighted by molar-refractivity contribution is 0.0694.